The highest BCUT2D eigenvalue weighted by molar-refractivity contribution is 6.09. The van der Waals surface area contributed by atoms with Gasteiger partial charge in [-0.25, -0.2) is 9.48 Å². The van der Waals surface area contributed by atoms with Crippen molar-refractivity contribution < 1.29 is 19.7 Å². The lowest BCUT2D eigenvalue weighted by molar-refractivity contribution is -0.130. The number of nitrogens with one attached hydrogen (secondary N) is 1. The number of hydrogen-bond acceptors (Lipinski definition) is 8. The molecule has 12 nitrogen and oxygen atoms in total. The van der Waals surface area contributed by atoms with E-state index in [4.69, 9.17) is 4.74 Å². The van der Waals surface area contributed by atoms with Crippen molar-refractivity contribution in [2.45, 2.75) is 63.6 Å². The summed E-state index contributed by atoms with van der Waals surface area (Å²) < 4.78 is 8.77. The Kier molecular flexibility index (Phi) is 6.02. The lowest BCUT2D eigenvalue weighted by Crippen LogP contribution is -2.39. The van der Waals surface area contributed by atoms with Crippen molar-refractivity contribution in [3.8, 4) is 11.8 Å². The molecule has 1 aromatic carbocycles. The zero-order valence-corrected chi connectivity index (χ0v) is 21.5. The van der Waals surface area contributed by atoms with E-state index in [0.29, 0.717) is 28.9 Å². The number of carbonyl (C=O) groups is 1. The number of amides is 1. The first-order chi connectivity index (χ1) is 18.7. The minimum absolute atomic E-state index is 0.0572. The van der Waals surface area contributed by atoms with Crippen molar-refractivity contribution in [1.29, 1.82) is 0 Å². The van der Waals surface area contributed by atoms with E-state index in [1.807, 2.05) is 13.0 Å². The molecule has 2 aliphatic heterocycles. The lowest BCUT2D eigenvalue weighted by atomic mass is 9.94. The van der Waals surface area contributed by atoms with Crippen LogP contribution in [0.4, 0.5) is 5.69 Å². The van der Waals surface area contributed by atoms with E-state index in [0.717, 1.165) is 18.4 Å². The van der Waals surface area contributed by atoms with Gasteiger partial charge in [0.15, 0.2) is 0 Å². The van der Waals surface area contributed by atoms with Crippen molar-refractivity contribution >= 4 is 11.6 Å². The molecule has 3 aromatic rings. The molecule has 1 saturated heterocycles. The summed E-state index contributed by atoms with van der Waals surface area (Å²) in [6.07, 6.45) is 3.93. The third kappa shape index (κ3) is 4.38. The number of aryl methyl sites for hydroxylation is 2. The van der Waals surface area contributed by atoms with Gasteiger partial charge in [-0.1, -0.05) is 28.7 Å². The van der Waals surface area contributed by atoms with Gasteiger partial charge in [-0.15, -0.1) is 5.10 Å². The predicted octanol–water partition coefficient (Wildman–Crippen LogP) is 0.414. The van der Waals surface area contributed by atoms with Crippen molar-refractivity contribution in [3.63, 3.8) is 0 Å². The number of aliphatic hydroxyl groups is 2. The van der Waals surface area contributed by atoms with Gasteiger partial charge in [0.1, 0.15) is 18.0 Å². The summed E-state index contributed by atoms with van der Waals surface area (Å²) in [7, 11) is 0. The third-order valence-corrected chi connectivity index (χ3v) is 7.48. The summed E-state index contributed by atoms with van der Waals surface area (Å²) >= 11 is 0. The van der Waals surface area contributed by atoms with Gasteiger partial charge < -0.3 is 19.8 Å². The van der Waals surface area contributed by atoms with Crippen LogP contribution in [-0.4, -0.2) is 53.4 Å². The number of H-pyrrole nitrogens is 1. The van der Waals surface area contributed by atoms with Crippen LogP contribution in [0.1, 0.15) is 53.9 Å². The number of fused-ring (bicyclic) bond motifs is 1. The van der Waals surface area contributed by atoms with Crippen LogP contribution in [0.15, 0.2) is 40.2 Å². The minimum atomic E-state index is -1.92. The molecule has 3 N–H and O–H groups in total. The predicted molar refractivity (Wildman–Crippen MR) is 137 cm³/mol. The van der Waals surface area contributed by atoms with Crippen LogP contribution in [-0.2, 0) is 21.7 Å². The van der Waals surface area contributed by atoms with Crippen LogP contribution in [0.3, 0.4) is 0 Å². The van der Waals surface area contributed by atoms with Gasteiger partial charge in [-0.2, -0.15) is 0 Å². The van der Waals surface area contributed by atoms with Gasteiger partial charge in [0.2, 0.25) is 5.60 Å². The Labute approximate surface area is 222 Å². The smallest absolute Gasteiger partial charge is 0.330 e. The molecule has 12 heteroatoms. The summed E-state index contributed by atoms with van der Waals surface area (Å²) in [6.45, 7) is 3.22. The van der Waals surface area contributed by atoms with Crippen LogP contribution < -0.4 is 16.1 Å². The Balaban J connectivity index is 1.26. The fraction of sp³-hybridized carbons (Fsp3) is 0.444. The molecule has 39 heavy (non-hydrogen) atoms. The van der Waals surface area contributed by atoms with Gasteiger partial charge >= 0.3 is 5.69 Å². The molecule has 4 atom stereocenters. The van der Waals surface area contributed by atoms with E-state index in [-0.39, 0.29) is 19.1 Å². The molecule has 3 aliphatic rings. The molecule has 3 unspecified atom stereocenters. The monoisotopic (exact) mass is 532 g/mol. The van der Waals surface area contributed by atoms with Crippen molar-refractivity contribution in [2.75, 3.05) is 11.5 Å². The Morgan fingerprint density at radius 1 is 1.21 bits per heavy atom. The summed E-state index contributed by atoms with van der Waals surface area (Å²) in [5.74, 6) is 5.57. The number of aliphatic hydroxyl groups excluding tert-OH is 1. The number of hydrogen-bond donors (Lipinski definition) is 3. The fourth-order valence-electron chi connectivity index (χ4n) is 5.15. The first kappa shape index (κ1) is 25.2. The average molecular weight is 533 g/mol. The highest BCUT2D eigenvalue weighted by Gasteiger charge is 2.49. The molecule has 0 radical (unpaired) electrons. The molecule has 2 aromatic heterocycles. The van der Waals surface area contributed by atoms with Crippen LogP contribution >= 0.6 is 0 Å². The molecule has 0 spiro atoms. The molecule has 1 amide bonds. The molecular formula is C27H28N6O6. The first-order valence-corrected chi connectivity index (χ1v) is 12.8. The number of benzene rings is 1. The average Bonchev–Trinajstić information content (AvgIpc) is 3.40. The van der Waals surface area contributed by atoms with E-state index >= 15 is 0 Å². The number of aromatic nitrogens is 5. The Morgan fingerprint density at radius 2 is 2.00 bits per heavy atom. The minimum Gasteiger partial charge on any atom is -0.394 e. The molecule has 1 aliphatic carbocycles. The Hall–Kier alpha value is -4.05. The Bertz CT molecular complexity index is 1640. The number of aromatic amines is 1. The van der Waals surface area contributed by atoms with Gasteiger partial charge in [0.05, 0.1) is 31.1 Å². The van der Waals surface area contributed by atoms with Crippen molar-refractivity contribution in [1.82, 2.24) is 24.5 Å². The van der Waals surface area contributed by atoms with Crippen LogP contribution in [0.5, 0.6) is 0 Å². The number of carbonyl (C=O) groups excluding carboxylic acids is 1. The summed E-state index contributed by atoms with van der Waals surface area (Å²) in [4.78, 5) is 41.3. The van der Waals surface area contributed by atoms with Crippen molar-refractivity contribution in [3.05, 3.63) is 73.8 Å². The summed E-state index contributed by atoms with van der Waals surface area (Å²) in [6, 6.07) is 5.00. The normalized spacial score (nSPS) is 26.0. The molecule has 202 valence electrons. The fourth-order valence-corrected chi connectivity index (χ4v) is 5.15. The van der Waals surface area contributed by atoms with Gasteiger partial charge in [-0.05, 0) is 38.8 Å². The third-order valence-electron chi connectivity index (χ3n) is 7.48. The maximum Gasteiger partial charge on any atom is 0.330 e. The first-order valence-electron chi connectivity index (χ1n) is 12.8. The van der Waals surface area contributed by atoms with Gasteiger partial charge in [0.25, 0.3) is 11.5 Å². The zero-order valence-electron chi connectivity index (χ0n) is 21.5. The molecule has 1 saturated carbocycles. The van der Waals surface area contributed by atoms with Gasteiger partial charge in [0, 0.05) is 29.7 Å². The second-order valence-corrected chi connectivity index (χ2v) is 10.4. The van der Waals surface area contributed by atoms with E-state index in [9.17, 15) is 24.6 Å². The largest absolute Gasteiger partial charge is 0.394 e. The van der Waals surface area contributed by atoms with Crippen LogP contribution in [0.2, 0.25) is 0 Å². The van der Waals surface area contributed by atoms with E-state index < -0.39 is 41.1 Å². The van der Waals surface area contributed by atoms with Crippen molar-refractivity contribution in [2.24, 2.45) is 5.92 Å². The number of rotatable bonds is 5. The number of nitrogens with zero attached hydrogens (tertiary/aromatic N) is 5. The van der Waals surface area contributed by atoms with E-state index in [1.54, 1.807) is 29.9 Å². The van der Waals surface area contributed by atoms with Crippen LogP contribution in [0.25, 0.3) is 0 Å². The maximum absolute atomic E-state index is 13.5. The molecule has 4 heterocycles. The SMILES string of the molecule is Cc1ccc2c(c1)[C@@](O)(C#CC1CC1)C(=O)N2Cc1cn(C2CC(n3cc(C)c(=O)[nH]c3=O)OC2CO)nn1. The van der Waals surface area contributed by atoms with Crippen LogP contribution in [0, 0.1) is 31.6 Å². The lowest BCUT2D eigenvalue weighted by Gasteiger charge is -2.18. The topological polar surface area (TPSA) is 156 Å². The molecular weight excluding hydrogens is 504 g/mol. The maximum atomic E-state index is 13.5. The van der Waals surface area contributed by atoms with E-state index in [1.165, 1.54) is 15.7 Å². The highest BCUT2D eigenvalue weighted by atomic mass is 16.5. The van der Waals surface area contributed by atoms with E-state index in [2.05, 4.69) is 27.1 Å². The highest BCUT2D eigenvalue weighted by Crippen LogP contribution is 2.42. The zero-order chi connectivity index (χ0) is 27.5. The number of anilines is 1. The number of ether oxygens (including phenoxy) is 1. The summed E-state index contributed by atoms with van der Waals surface area (Å²) in [5.41, 5.74) is -0.237. The van der Waals surface area contributed by atoms with Gasteiger partial charge in [-0.3, -0.25) is 19.1 Å². The molecule has 6 rings (SSSR count). The second kappa shape index (κ2) is 9.30. The molecule has 2 fully saturated rings. The molecule has 0 bridgehead atoms. The quantitative estimate of drug-likeness (QED) is 0.399. The standard InChI is InChI=1S/C27H28N6O6/c1-15-3-6-20-19(9-15)27(38,8-7-17-4-5-17)25(36)31(20)12-18-13-33(30-29-18)21-10-23(39-22(21)14-34)32-11-16(2)24(35)28-26(32)37/h3,6,9,11,13,17,21-23,34,38H,4-5,10,12,14H2,1-2H3,(H,28,35,37)/t21?,22?,23?,27-/m0/s1. The summed E-state index contributed by atoms with van der Waals surface area (Å²) in [5, 5.41) is 29.8. The second-order valence-electron chi connectivity index (χ2n) is 10.4. The Morgan fingerprint density at radius 3 is 2.74 bits per heavy atom.